The van der Waals surface area contributed by atoms with E-state index in [0.717, 1.165) is 5.56 Å². The molecule has 0 amide bonds. The number of ether oxygens (including phenoxy) is 2. The van der Waals surface area contributed by atoms with Crippen LogP contribution in [0.4, 0.5) is 0 Å². The molecule has 0 N–H and O–H groups in total. The molecule has 0 saturated heterocycles. The third-order valence-corrected chi connectivity index (χ3v) is 3.18. The molecule has 0 fully saturated rings. The highest BCUT2D eigenvalue weighted by Gasteiger charge is 2.28. The van der Waals surface area contributed by atoms with Gasteiger partial charge in [-0.25, -0.2) is 0 Å². The van der Waals surface area contributed by atoms with Gasteiger partial charge in [0.05, 0.1) is 19.1 Å². The lowest BCUT2D eigenvalue weighted by Gasteiger charge is -2.25. The minimum atomic E-state index is -0.262. The maximum atomic E-state index is 12.2. The second kappa shape index (κ2) is 4.72. The molecule has 0 saturated carbocycles. The number of Topliss-reactive ketones (excluding diaryl/α,β-unsaturated/α-hetero) is 1. The Labute approximate surface area is 111 Å². The summed E-state index contributed by atoms with van der Waals surface area (Å²) in [5.74, 6) is 1.33. The smallest absolute Gasteiger partial charge is 0.170 e. The lowest BCUT2D eigenvalue weighted by molar-refractivity contribution is 0.0849. The number of ketones is 1. The Morgan fingerprint density at radius 2 is 2.26 bits per heavy atom. The molecule has 1 atom stereocenters. The van der Waals surface area contributed by atoms with Gasteiger partial charge in [0.25, 0.3) is 0 Å². The van der Waals surface area contributed by atoms with E-state index in [0.29, 0.717) is 23.5 Å². The van der Waals surface area contributed by atoms with Gasteiger partial charge in [0.1, 0.15) is 17.6 Å². The molecule has 4 heteroatoms. The van der Waals surface area contributed by atoms with Gasteiger partial charge in [0.15, 0.2) is 5.78 Å². The number of rotatable bonds is 2. The molecule has 96 valence electrons. The van der Waals surface area contributed by atoms with Crippen molar-refractivity contribution in [2.24, 2.45) is 0 Å². The van der Waals surface area contributed by atoms with Crippen molar-refractivity contribution in [3.8, 4) is 11.5 Å². The minimum absolute atomic E-state index is 0.0639. The number of methoxy groups -OCH3 is 1. The van der Waals surface area contributed by atoms with E-state index < -0.39 is 0 Å². The molecule has 19 heavy (non-hydrogen) atoms. The first kappa shape index (κ1) is 11.7. The van der Waals surface area contributed by atoms with Crippen molar-refractivity contribution in [3.05, 3.63) is 53.9 Å². The maximum absolute atomic E-state index is 12.2. The molecule has 2 aromatic rings. The van der Waals surface area contributed by atoms with Gasteiger partial charge < -0.3 is 9.47 Å². The summed E-state index contributed by atoms with van der Waals surface area (Å²) in [7, 11) is 1.58. The Morgan fingerprint density at radius 1 is 1.37 bits per heavy atom. The van der Waals surface area contributed by atoms with Gasteiger partial charge in [-0.05, 0) is 24.3 Å². The Balaban J connectivity index is 1.95. The van der Waals surface area contributed by atoms with E-state index in [2.05, 4.69) is 4.98 Å². The monoisotopic (exact) mass is 255 g/mol. The van der Waals surface area contributed by atoms with Crippen LogP contribution in [0.5, 0.6) is 11.5 Å². The molecule has 1 aliphatic heterocycles. The van der Waals surface area contributed by atoms with Gasteiger partial charge in [-0.15, -0.1) is 0 Å². The highest BCUT2D eigenvalue weighted by atomic mass is 16.5. The van der Waals surface area contributed by atoms with Crippen LogP contribution in [0.15, 0.2) is 42.7 Å². The minimum Gasteiger partial charge on any atom is -0.497 e. The Morgan fingerprint density at radius 3 is 3.00 bits per heavy atom. The van der Waals surface area contributed by atoms with Gasteiger partial charge in [-0.1, -0.05) is 6.07 Å². The standard InChI is InChI=1S/C15H13NO3/c1-18-11-4-5-14-12(7-11)13(17)8-15(19-14)10-3-2-6-16-9-10/h2-7,9,15H,8H2,1H3. The van der Waals surface area contributed by atoms with E-state index in [9.17, 15) is 4.79 Å². The third kappa shape index (κ3) is 2.17. The van der Waals surface area contributed by atoms with Gasteiger partial charge in [-0.3, -0.25) is 9.78 Å². The molecule has 3 rings (SSSR count). The molecular formula is C15H13NO3. The van der Waals surface area contributed by atoms with Crippen molar-refractivity contribution in [2.45, 2.75) is 12.5 Å². The molecular weight excluding hydrogens is 242 g/mol. The highest BCUT2D eigenvalue weighted by molar-refractivity contribution is 6.00. The first-order chi connectivity index (χ1) is 9.28. The zero-order valence-corrected chi connectivity index (χ0v) is 10.5. The fourth-order valence-electron chi connectivity index (χ4n) is 2.18. The lowest BCUT2D eigenvalue weighted by Crippen LogP contribution is -2.20. The van der Waals surface area contributed by atoms with Crippen LogP contribution in [0.3, 0.4) is 0 Å². The summed E-state index contributed by atoms with van der Waals surface area (Å²) in [6.07, 6.45) is 3.49. The number of aromatic nitrogens is 1. The molecule has 0 spiro atoms. The first-order valence-electron chi connectivity index (χ1n) is 6.06. The predicted octanol–water partition coefficient (Wildman–Crippen LogP) is 2.80. The quantitative estimate of drug-likeness (QED) is 0.828. The number of hydrogen-bond acceptors (Lipinski definition) is 4. The Hall–Kier alpha value is -2.36. The summed E-state index contributed by atoms with van der Waals surface area (Å²) < 4.78 is 11.0. The number of fused-ring (bicyclic) bond motifs is 1. The van der Waals surface area contributed by atoms with Crippen LogP contribution >= 0.6 is 0 Å². The van der Waals surface area contributed by atoms with Crippen LogP contribution in [-0.4, -0.2) is 17.9 Å². The van der Waals surface area contributed by atoms with Crippen LogP contribution in [0, 0.1) is 0 Å². The zero-order chi connectivity index (χ0) is 13.2. The fourth-order valence-corrected chi connectivity index (χ4v) is 2.18. The average Bonchev–Trinajstić information content (AvgIpc) is 2.48. The molecule has 0 radical (unpaired) electrons. The Kier molecular flexibility index (Phi) is 2.91. The summed E-state index contributed by atoms with van der Waals surface area (Å²) >= 11 is 0. The van der Waals surface area contributed by atoms with Crippen molar-refractivity contribution in [1.82, 2.24) is 4.98 Å². The second-order valence-electron chi connectivity index (χ2n) is 4.38. The molecule has 0 aliphatic carbocycles. The predicted molar refractivity (Wildman–Crippen MR) is 69.5 cm³/mol. The first-order valence-corrected chi connectivity index (χ1v) is 6.06. The summed E-state index contributed by atoms with van der Waals surface area (Å²) in [5.41, 5.74) is 1.50. The number of pyridine rings is 1. The van der Waals surface area contributed by atoms with Crippen molar-refractivity contribution < 1.29 is 14.3 Å². The summed E-state index contributed by atoms with van der Waals surface area (Å²) in [5, 5.41) is 0. The van der Waals surface area contributed by atoms with E-state index in [1.54, 1.807) is 37.7 Å². The summed E-state index contributed by atoms with van der Waals surface area (Å²) in [6, 6.07) is 9.04. The van der Waals surface area contributed by atoms with Crippen molar-refractivity contribution in [1.29, 1.82) is 0 Å². The van der Waals surface area contributed by atoms with Crippen molar-refractivity contribution in [3.63, 3.8) is 0 Å². The summed E-state index contributed by atoms with van der Waals surface area (Å²) in [4.78, 5) is 16.2. The molecule has 4 nitrogen and oxygen atoms in total. The molecule has 0 bridgehead atoms. The van der Waals surface area contributed by atoms with Gasteiger partial charge in [0.2, 0.25) is 0 Å². The lowest BCUT2D eigenvalue weighted by atomic mass is 9.97. The van der Waals surface area contributed by atoms with E-state index in [1.165, 1.54) is 0 Å². The summed E-state index contributed by atoms with van der Waals surface area (Å²) in [6.45, 7) is 0. The maximum Gasteiger partial charge on any atom is 0.170 e. The number of carbonyl (C=O) groups excluding carboxylic acids is 1. The molecule has 2 heterocycles. The van der Waals surface area contributed by atoms with Crippen LogP contribution < -0.4 is 9.47 Å². The molecule has 1 aliphatic rings. The van der Waals surface area contributed by atoms with Crippen LogP contribution in [-0.2, 0) is 0 Å². The van der Waals surface area contributed by atoms with Crippen LogP contribution in [0.2, 0.25) is 0 Å². The fraction of sp³-hybridized carbons (Fsp3) is 0.200. The van der Waals surface area contributed by atoms with E-state index in [-0.39, 0.29) is 11.9 Å². The van der Waals surface area contributed by atoms with Crippen molar-refractivity contribution >= 4 is 5.78 Å². The average molecular weight is 255 g/mol. The Bertz CT molecular complexity index is 610. The van der Waals surface area contributed by atoms with E-state index >= 15 is 0 Å². The zero-order valence-electron chi connectivity index (χ0n) is 10.5. The molecule has 1 aromatic heterocycles. The van der Waals surface area contributed by atoms with Crippen molar-refractivity contribution in [2.75, 3.05) is 7.11 Å². The van der Waals surface area contributed by atoms with E-state index in [1.807, 2.05) is 12.1 Å². The van der Waals surface area contributed by atoms with E-state index in [4.69, 9.17) is 9.47 Å². The highest BCUT2D eigenvalue weighted by Crippen LogP contribution is 2.36. The normalized spacial score (nSPS) is 17.5. The number of carbonyl (C=O) groups is 1. The van der Waals surface area contributed by atoms with Gasteiger partial charge >= 0.3 is 0 Å². The topological polar surface area (TPSA) is 48.4 Å². The number of nitrogens with zero attached hydrogens (tertiary/aromatic N) is 1. The molecule has 1 unspecified atom stereocenters. The SMILES string of the molecule is COc1ccc2c(c1)C(=O)CC(c1cccnc1)O2. The van der Waals surface area contributed by atoms with Crippen LogP contribution in [0.25, 0.3) is 0 Å². The third-order valence-electron chi connectivity index (χ3n) is 3.18. The van der Waals surface area contributed by atoms with Gasteiger partial charge in [0, 0.05) is 18.0 Å². The second-order valence-corrected chi connectivity index (χ2v) is 4.38. The largest absolute Gasteiger partial charge is 0.497 e. The number of hydrogen-bond donors (Lipinski definition) is 0. The molecule has 1 aromatic carbocycles. The van der Waals surface area contributed by atoms with Crippen LogP contribution in [0.1, 0.15) is 28.4 Å². The number of benzene rings is 1. The van der Waals surface area contributed by atoms with Gasteiger partial charge in [-0.2, -0.15) is 0 Å².